The Morgan fingerprint density at radius 2 is 1.78 bits per heavy atom. The lowest BCUT2D eigenvalue weighted by atomic mass is 10.1. The molecule has 0 radical (unpaired) electrons. The maximum absolute atomic E-state index is 12.6. The normalized spacial score (nSPS) is 15.7. The van der Waals surface area contributed by atoms with Crippen molar-refractivity contribution in [2.45, 2.75) is 6.42 Å². The summed E-state index contributed by atoms with van der Waals surface area (Å²) in [6.07, 6.45) is 1.76. The maximum atomic E-state index is 12.6. The number of fused-ring (bicyclic) bond motifs is 1. The van der Waals surface area contributed by atoms with Gasteiger partial charge in [0, 0.05) is 48.9 Å². The molecule has 9 heteroatoms. The van der Waals surface area contributed by atoms with Crippen LogP contribution in [0.4, 0.5) is 5.69 Å². The van der Waals surface area contributed by atoms with Gasteiger partial charge < -0.3 is 18.9 Å². The van der Waals surface area contributed by atoms with Gasteiger partial charge >= 0.3 is 0 Å². The van der Waals surface area contributed by atoms with E-state index in [9.17, 15) is 14.4 Å². The highest BCUT2D eigenvalue weighted by Gasteiger charge is 2.35. The van der Waals surface area contributed by atoms with Crippen LogP contribution in [0.5, 0.6) is 11.5 Å². The van der Waals surface area contributed by atoms with Crippen molar-refractivity contribution in [1.82, 2.24) is 15.4 Å². The Morgan fingerprint density at radius 3 is 2.53 bits per heavy atom. The number of benzene rings is 2. The van der Waals surface area contributed by atoms with Gasteiger partial charge in [0.15, 0.2) is 11.5 Å². The van der Waals surface area contributed by atoms with Crippen molar-refractivity contribution in [2.24, 2.45) is 13.0 Å². The molecular formula is C23H24N4O5. The van der Waals surface area contributed by atoms with E-state index in [2.05, 4.69) is 10.9 Å². The van der Waals surface area contributed by atoms with Crippen LogP contribution in [-0.2, 0) is 16.6 Å². The Morgan fingerprint density at radius 1 is 1.03 bits per heavy atom. The minimum absolute atomic E-state index is 0.0459. The molecule has 1 aliphatic heterocycles. The molecule has 0 aliphatic carbocycles. The molecule has 3 aromatic rings. The van der Waals surface area contributed by atoms with E-state index in [-0.39, 0.29) is 18.9 Å². The van der Waals surface area contributed by atoms with Gasteiger partial charge in [0.1, 0.15) is 0 Å². The molecule has 2 heterocycles. The Balaban J connectivity index is 1.41. The van der Waals surface area contributed by atoms with E-state index in [1.165, 1.54) is 19.1 Å². The third-order valence-electron chi connectivity index (χ3n) is 5.62. The molecule has 1 saturated heterocycles. The van der Waals surface area contributed by atoms with Gasteiger partial charge in [-0.15, -0.1) is 0 Å². The number of carbonyl (C=O) groups is 3. The molecule has 1 unspecified atom stereocenters. The van der Waals surface area contributed by atoms with Crippen molar-refractivity contribution in [2.75, 3.05) is 25.7 Å². The summed E-state index contributed by atoms with van der Waals surface area (Å²) < 4.78 is 12.4. The number of anilines is 1. The number of nitrogens with zero attached hydrogens (tertiary/aromatic N) is 2. The van der Waals surface area contributed by atoms with Crippen molar-refractivity contribution < 1.29 is 23.9 Å². The van der Waals surface area contributed by atoms with E-state index in [0.29, 0.717) is 22.7 Å². The van der Waals surface area contributed by atoms with Gasteiger partial charge in [-0.1, -0.05) is 18.2 Å². The van der Waals surface area contributed by atoms with E-state index in [1.807, 2.05) is 35.9 Å². The first-order valence-corrected chi connectivity index (χ1v) is 10.1. The molecular weight excluding hydrogens is 412 g/mol. The van der Waals surface area contributed by atoms with Crippen molar-refractivity contribution in [1.29, 1.82) is 0 Å². The highest BCUT2D eigenvalue weighted by molar-refractivity contribution is 6.07. The predicted molar refractivity (Wildman–Crippen MR) is 119 cm³/mol. The van der Waals surface area contributed by atoms with Crippen LogP contribution in [0.15, 0.2) is 48.7 Å². The van der Waals surface area contributed by atoms with Crippen molar-refractivity contribution in [3.63, 3.8) is 0 Å². The minimum Gasteiger partial charge on any atom is -0.493 e. The molecule has 1 aromatic heterocycles. The third-order valence-corrected chi connectivity index (χ3v) is 5.62. The Bertz CT molecular complexity index is 1200. The number of hydrazine groups is 1. The number of amides is 3. The highest BCUT2D eigenvalue weighted by atomic mass is 16.5. The van der Waals surface area contributed by atoms with Gasteiger partial charge in [-0.3, -0.25) is 25.2 Å². The van der Waals surface area contributed by atoms with Gasteiger partial charge in [-0.25, -0.2) is 0 Å². The van der Waals surface area contributed by atoms with Crippen LogP contribution in [0.3, 0.4) is 0 Å². The first-order chi connectivity index (χ1) is 15.4. The fraction of sp³-hybridized carbons (Fsp3) is 0.261. The second-order valence-corrected chi connectivity index (χ2v) is 7.56. The van der Waals surface area contributed by atoms with E-state index in [1.54, 1.807) is 24.4 Å². The van der Waals surface area contributed by atoms with Crippen molar-refractivity contribution in [3.05, 3.63) is 54.2 Å². The first-order valence-electron chi connectivity index (χ1n) is 10.1. The number of aromatic nitrogens is 1. The zero-order valence-corrected chi connectivity index (χ0v) is 18.0. The van der Waals surface area contributed by atoms with Crippen LogP contribution < -0.4 is 25.2 Å². The number of para-hydroxylation sites is 1. The molecule has 0 bridgehead atoms. The molecule has 2 aromatic carbocycles. The summed E-state index contributed by atoms with van der Waals surface area (Å²) in [6, 6.07) is 12.7. The summed E-state index contributed by atoms with van der Waals surface area (Å²) >= 11 is 0. The summed E-state index contributed by atoms with van der Waals surface area (Å²) in [5.74, 6) is -0.575. The van der Waals surface area contributed by atoms with Gasteiger partial charge in [-0.2, -0.15) is 0 Å². The summed E-state index contributed by atoms with van der Waals surface area (Å²) in [4.78, 5) is 39.3. The number of ether oxygens (including phenoxy) is 2. The number of hydrogen-bond donors (Lipinski definition) is 2. The van der Waals surface area contributed by atoms with Gasteiger partial charge in [0.25, 0.3) is 5.91 Å². The topological polar surface area (TPSA) is 102 Å². The largest absolute Gasteiger partial charge is 0.493 e. The predicted octanol–water partition coefficient (Wildman–Crippen LogP) is 2.01. The van der Waals surface area contributed by atoms with Gasteiger partial charge in [0.2, 0.25) is 11.8 Å². The molecule has 166 valence electrons. The van der Waals surface area contributed by atoms with Crippen LogP contribution in [0.2, 0.25) is 0 Å². The average Bonchev–Trinajstić information content (AvgIpc) is 3.37. The number of hydrogen-bond acceptors (Lipinski definition) is 5. The third kappa shape index (κ3) is 3.84. The molecule has 1 atom stereocenters. The van der Waals surface area contributed by atoms with Crippen LogP contribution in [-0.4, -0.2) is 43.1 Å². The molecule has 0 spiro atoms. The molecule has 4 rings (SSSR count). The number of rotatable bonds is 5. The zero-order valence-electron chi connectivity index (χ0n) is 18.0. The van der Waals surface area contributed by atoms with Gasteiger partial charge in [-0.05, 0) is 18.2 Å². The molecule has 9 nitrogen and oxygen atoms in total. The number of aryl methyl sites for hydroxylation is 1. The quantitative estimate of drug-likeness (QED) is 0.596. The lowest BCUT2D eigenvalue weighted by Crippen LogP contribution is -2.45. The highest BCUT2D eigenvalue weighted by Crippen LogP contribution is 2.34. The van der Waals surface area contributed by atoms with Crippen LogP contribution in [0.1, 0.15) is 16.8 Å². The monoisotopic (exact) mass is 436 g/mol. The summed E-state index contributed by atoms with van der Waals surface area (Å²) in [6.45, 7) is 0.199. The summed E-state index contributed by atoms with van der Waals surface area (Å²) in [7, 11) is 4.90. The van der Waals surface area contributed by atoms with Crippen molar-refractivity contribution >= 4 is 34.3 Å². The summed E-state index contributed by atoms with van der Waals surface area (Å²) in [5, 5.41) is 0.789. The first kappa shape index (κ1) is 21.2. The molecule has 1 fully saturated rings. The van der Waals surface area contributed by atoms with Crippen LogP contribution >= 0.6 is 0 Å². The Labute approximate surface area is 184 Å². The van der Waals surface area contributed by atoms with E-state index >= 15 is 0 Å². The minimum atomic E-state index is -0.594. The number of methoxy groups -OCH3 is 2. The second-order valence-electron chi connectivity index (χ2n) is 7.56. The van der Waals surface area contributed by atoms with E-state index < -0.39 is 17.7 Å². The Kier molecular flexibility index (Phi) is 5.72. The lowest BCUT2D eigenvalue weighted by molar-refractivity contribution is -0.126. The summed E-state index contributed by atoms with van der Waals surface area (Å²) in [5.41, 5.74) is 6.91. The zero-order chi connectivity index (χ0) is 22.8. The van der Waals surface area contributed by atoms with E-state index in [0.717, 1.165) is 10.9 Å². The number of nitrogens with one attached hydrogen (secondary N) is 2. The lowest BCUT2D eigenvalue weighted by Gasteiger charge is -2.18. The number of carbonyl (C=O) groups excluding carboxylic acids is 3. The van der Waals surface area contributed by atoms with Gasteiger partial charge in [0.05, 0.1) is 25.7 Å². The second kappa shape index (κ2) is 8.62. The maximum Gasteiger partial charge on any atom is 0.271 e. The molecule has 3 amide bonds. The average molecular weight is 436 g/mol. The Hall–Kier alpha value is -4.01. The van der Waals surface area contributed by atoms with Crippen LogP contribution in [0.25, 0.3) is 10.9 Å². The van der Waals surface area contributed by atoms with Crippen LogP contribution in [0, 0.1) is 5.92 Å². The molecule has 1 aliphatic rings. The SMILES string of the molecule is COc1ccc(N2CC(C(=O)NNC(=O)c3cn(C)c4ccccc34)CC2=O)cc1OC. The molecule has 32 heavy (non-hydrogen) atoms. The van der Waals surface area contributed by atoms with E-state index in [4.69, 9.17) is 9.47 Å². The fourth-order valence-electron chi connectivity index (χ4n) is 3.94. The smallest absolute Gasteiger partial charge is 0.271 e. The standard InChI is InChI=1S/C23H24N4O5/c1-26-13-17(16-6-4-5-7-18(16)26)23(30)25-24-22(29)14-10-21(28)27(12-14)15-8-9-19(31-2)20(11-15)32-3/h4-9,11,13-14H,10,12H2,1-3H3,(H,24,29)(H,25,30). The molecule has 2 N–H and O–H groups in total. The molecule has 0 saturated carbocycles. The fourth-order valence-corrected chi connectivity index (χ4v) is 3.94. The van der Waals surface area contributed by atoms with Crippen molar-refractivity contribution in [3.8, 4) is 11.5 Å².